The molecule has 178 valence electrons. The Morgan fingerprint density at radius 2 is 1.76 bits per heavy atom. The van der Waals surface area contributed by atoms with Crippen molar-refractivity contribution in [3.63, 3.8) is 0 Å². The van der Waals surface area contributed by atoms with Crippen LogP contribution >= 0.6 is 46.6 Å². The predicted molar refractivity (Wildman–Crippen MR) is 126 cm³/mol. The quantitative estimate of drug-likeness (QED) is 0.548. The van der Waals surface area contributed by atoms with E-state index in [0.29, 0.717) is 0 Å². The number of nitrogens with one attached hydrogen (secondary N) is 1. The number of hydrogen-bond donors (Lipinski definition) is 2. The first-order valence-corrected chi connectivity index (χ1v) is 12.2. The summed E-state index contributed by atoms with van der Waals surface area (Å²) in [6, 6.07) is 18.0. The highest BCUT2D eigenvalue weighted by Crippen LogP contribution is 2.39. The normalized spacial score (nSPS) is 29.7. The molecule has 0 spiro atoms. The van der Waals surface area contributed by atoms with Gasteiger partial charge in [0.2, 0.25) is 3.79 Å². The molecule has 2 saturated heterocycles. The smallest absolute Gasteiger partial charge is 0.407 e. The Balaban J connectivity index is 1.51. The molecule has 2 heterocycles. The number of carbonyl (C=O) groups excluding carboxylic acids is 1. The topological polar surface area (TPSA) is 86.3 Å². The van der Waals surface area contributed by atoms with Crippen molar-refractivity contribution < 1.29 is 28.8 Å². The van der Waals surface area contributed by atoms with Crippen LogP contribution in [0.3, 0.4) is 0 Å². The van der Waals surface area contributed by atoms with Crippen LogP contribution in [0.4, 0.5) is 4.79 Å². The minimum atomic E-state index is -1.75. The number of carbonyl (C=O) groups is 1. The van der Waals surface area contributed by atoms with Crippen LogP contribution in [0.25, 0.3) is 0 Å². The fourth-order valence-electron chi connectivity index (χ4n) is 3.58. The number of rotatable bonds is 5. The molecule has 6 atom stereocenters. The number of benzene rings is 2. The van der Waals surface area contributed by atoms with E-state index in [1.807, 2.05) is 60.7 Å². The molecule has 7 nitrogen and oxygen atoms in total. The SMILES string of the molecule is O=C(NC1C(Sc2ccccc2)OC2COC(c3ccccc3)OC2C1O)OCC(Cl)(Cl)Cl. The van der Waals surface area contributed by atoms with Crippen LogP contribution in [0.1, 0.15) is 11.9 Å². The van der Waals surface area contributed by atoms with Crippen molar-refractivity contribution in [1.29, 1.82) is 0 Å². The molecule has 6 unspecified atom stereocenters. The lowest BCUT2D eigenvalue weighted by Crippen LogP contribution is -2.65. The van der Waals surface area contributed by atoms with E-state index in [2.05, 4.69) is 5.32 Å². The van der Waals surface area contributed by atoms with E-state index >= 15 is 0 Å². The molecule has 0 bridgehead atoms. The minimum Gasteiger partial charge on any atom is -0.445 e. The zero-order chi connectivity index (χ0) is 23.4. The van der Waals surface area contributed by atoms with Crippen molar-refractivity contribution in [2.75, 3.05) is 13.2 Å². The first kappa shape index (κ1) is 24.9. The lowest BCUT2D eigenvalue weighted by atomic mass is 9.97. The van der Waals surface area contributed by atoms with Gasteiger partial charge in [0.05, 0.1) is 12.6 Å². The number of halogens is 3. The summed E-state index contributed by atoms with van der Waals surface area (Å²) in [4.78, 5) is 13.3. The third-order valence-corrected chi connectivity index (χ3v) is 6.59. The van der Waals surface area contributed by atoms with Gasteiger partial charge in [0.25, 0.3) is 0 Å². The second-order valence-corrected chi connectivity index (χ2v) is 11.2. The highest BCUT2D eigenvalue weighted by Gasteiger charge is 2.50. The van der Waals surface area contributed by atoms with E-state index in [0.717, 1.165) is 10.5 Å². The van der Waals surface area contributed by atoms with Crippen molar-refractivity contribution in [3.8, 4) is 0 Å². The van der Waals surface area contributed by atoms with Crippen molar-refractivity contribution >= 4 is 52.7 Å². The maximum atomic E-state index is 12.4. The van der Waals surface area contributed by atoms with Gasteiger partial charge < -0.3 is 29.4 Å². The highest BCUT2D eigenvalue weighted by atomic mass is 35.6. The number of alkyl carbamates (subject to hydrolysis) is 1. The van der Waals surface area contributed by atoms with Crippen LogP contribution < -0.4 is 5.32 Å². The molecule has 1 amide bonds. The van der Waals surface area contributed by atoms with Crippen molar-refractivity contribution in [2.24, 2.45) is 0 Å². The lowest BCUT2D eigenvalue weighted by Gasteiger charge is -2.47. The average molecular weight is 535 g/mol. The third-order valence-electron chi connectivity index (χ3n) is 5.08. The van der Waals surface area contributed by atoms with Gasteiger partial charge in [-0.2, -0.15) is 0 Å². The maximum Gasteiger partial charge on any atom is 0.407 e. The number of aliphatic hydroxyl groups is 1. The van der Waals surface area contributed by atoms with Gasteiger partial charge in [-0.05, 0) is 12.1 Å². The molecule has 0 saturated carbocycles. The summed E-state index contributed by atoms with van der Waals surface area (Å²) >= 11 is 18.3. The Morgan fingerprint density at radius 3 is 2.42 bits per heavy atom. The molecule has 0 aromatic heterocycles. The van der Waals surface area contributed by atoms with Gasteiger partial charge in [0.1, 0.15) is 30.4 Å². The molecule has 2 aromatic carbocycles. The number of fused-ring (bicyclic) bond motifs is 1. The zero-order valence-corrected chi connectivity index (χ0v) is 20.3. The molecular weight excluding hydrogens is 513 g/mol. The number of alkyl halides is 3. The van der Waals surface area contributed by atoms with Gasteiger partial charge >= 0.3 is 6.09 Å². The number of aliphatic hydroxyl groups excluding tert-OH is 1. The van der Waals surface area contributed by atoms with Gasteiger partial charge in [0.15, 0.2) is 6.29 Å². The maximum absolute atomic E-state index is 12.4. The summed E-state index contributed by atoms with van der Waals surface area (Å²) < 4.78 is 21.4. The van der Waals surface area contributed by atoms with Gasteiger partial charge in [-0.15, -0.1) is 0 Å². The zero-order valence-electron chi connectivity index (χ0n) is 17.2. The standard InChI is InChI=1S/C22H22Cl3NO6S/c23-22(24,25)12-30-21(28)26-16-17(27)18-15(31-20(16)33-14-9-5-2-6-10-14)11-29-19(32-18)13-7-3-1-4-8-13/h1-10,15-20,27H,11-12H2,(H,26,28). The van der Waals surface area contributed by atoms with Crippen LogP contribution in [0, 0.1) is 0 Å². The molecule has 2 aromatic rings. The van der Waals surface area contributed by atoms with Gasteiger partial charge in [-0.3, -0.25) is 0 Å². The fourth-order valence-corrected chi connectivity index (χ4v) is 4.90. The van der Waals surface area contributed by atoms with E-state index in [-0.39, 0.29) is 6.61 Å². The second kappa shape index (κ2) is 11.0. The molecule has 2 N–H and O–H groups in total. The van der Waals surface area contributed by atoms with Gasteiger partial charge in [0, 0.05) is 10.5 Å². The molecule has 33 heavy (non-hydrogen) atoms. The Kier molecular flexibility index (Phi) is 8.30. The molecule has 11 heteroatoms. The average Bonchev–Trinajstić information content (AvgIpc) is 2.81. The van der Waals surface area contributed by atoms with Crippen molar-refractivity contribution in [3.05, 3.63) is 66.2 Å². The van der Waals surface area contributed by atoms with Crippen molar-refractivity contribution in [1.82, 2.24) is 5.32 Å². The van der Waals surface area contributed by atoms with E-state index < -0.39 is 52.6 Å². The fraction of sp³-hybridized carbons (Fsp3) is 0.409. The first-order chi connectivity index (χ1) is 15.8. The summed E-state index contributed by atoms with van der Waals surface area (Å²) in [5, 5.41) is 13.9. The molecule has 0 aliphatic carbocycles. The summed E-state index contributed by atoms with van der Waals surface area (Å²) in [7, 11) is 0. The van der Waals surface area contributed by atoms with Crippen LogP contribution in [0.15, 0.2) is 65.6 Å². The molecule has 0 radical (unpaired) electrons. The van der Waals surface area contributed by atoms with Crippen molar-refractivity contribution in [2.45, 2.75) is 44.8 Å². The van der Waals surface area contributed by atoms with Crippen LogP contribution in [0.5, 0.6) is 0 Å². The summed E-state index contributed by atoms with van der Waals surface area (Å²) in [6.07, 6.45) is -3.90. The predicted octanol–water partition coefficient (Wildman–Crippen LogP) is 4.44. The number of hydrogen-bond acceptors (Lipinski definition) is 7. The summed E-state index contributed by atoms with van der Waals surface area (Å²) in [5.74, 6) is 0. The van der Waals surface area contributed by atoms with E-state index in [4.69, 9.17) is 53.8 Å². The third kappa shape index (κ3) is 6.68. The number of ether oxygens (including phenoxy) is 4. The Morgan fingerprint density at radius 1 is 1.09 bits per heavy atom. The van der Waals surface area contributed by atoms with Crippen LogP contribution in [0.2, 0.25) is 0 Å². The second-order valence-electron chi connectivity index (χ2n) is 7.50. The van der Waals surface area contributed by atoms with E-state index in [1.165, 1.54) is 11.8 Å². The summed E-state index contributed by atoms with van der Waals surface area (Å²) in [5.41, 5.74) is 0.167. The molecule has 4 rings (SSSR count). The Bertz CT molecular complexity index is 919. The first-order valence-electron chi connectivity index (χ1n) is 10.2. The lowest BCUT2D eigenvalue weighted by molar-refractivity contribution is -0.306. The molecule has 2 fully saturated rings. The highest BCUT2D eigenvalue weighted by molar-refractivity contribution is 7.99. The van der Waals surface area contributed by atoms with E-state index in [1.54, 1.807) is 0 Å². The largest absolute Gasteiger partial charge is 0.445 e. The Labute approximate surface area is 210 Å². The monoisotopic (exact) mass is 533 g/mol. The van der Waals surface area contributed by atoms with Crippen LogP contribution in [-0.4, -0.2) is 58.0 Å². The molecule has 2 aliphatic heterocycles. The van der Waals surface area contributed by atoms with Gasteiger partial charge in [-0.1, -0.05) is 95.1 Å². The van der Waals surface area contributed by atoms with E-state index in [9.17, 15) is 9.90 Å². The minimum absolute atomic E-state index is 0.220. The Hall–Kier alpha value is -1.23. The summed E-state index contributed by atoms with van der Waals surface area (Å²) in [6.45, 7) is -0.228. The molecule has 2 aliphatic rings. The van der Waals surface area contributed by atoms with Gasteiger partial charge in [-0.25, -0.2) is 4.79 Å². The van der Waals surface area contributed by atoms with Crippen LogP contribution in [-0.2, 0) is 18.9 Å². The molecular formula is C22H22Cl3NO6S. The number of amides is 1. The number of thioether (sulfide) groups is 1.